The van der Waals surface area contributed by atoms with E-state index in [1.807, 2.05) is 59.5 Å². The molecule has 0 bridgehead atoms. The van der Waals surface area contributed by atoms with E-state index in [9.17, 15) is 9.59 Å². The molecule has 0 spiro atoms. The zero-order chi connectivity index (χ0) is 18.4. The largest absolute Gasteiger partial charge is 0.496 e. The maximum absolute atomic E-state index is 12.7. The third-order valence-electron chi connectivity index (χ3n) is 5.00. The van der Waals surface area contributed by atoms with Crippen molar-refractivity contribution in [3.05, 3.63) is 65.7 Å². The number of benzene rings is 2. The van der Waals surface area contributed by atoms with E-state index in [-0.39, 0.29) is 17.6 Å². The quantitative estimate of drug-likeness (QED) is 0.745. The molecule has 2 aromatic carbocycles. The summed E-state index contributed by atoms with van der Waals surface area (Å²) in [6, 6.07) is 17.2. The second-order valence-corrected chi connectivity index (χ2v) is 6.72. The number of aryl methyl sites for hydroxylation is 1. The molecule has 1 aliphatic rings. The number of amides is 1. The molecule has 0 aliphatic carbocycles. The number of likely N-dealkylation sites (tertiary alicyclic amines) is 1. The van der Waals surface area contributed by atoms with Crippen LogP contribution in [0.1, 0.15) is 35.2 Å². The van der Waals surface area contributed by atoms with Crippen LogP contribution in [-0.2, 0) is 11.2 Å². The van der Waals surface area contributed by atoms with E-state index < -0.39 is 0 Å². The predicted octanol–water partition coefficient (Wildman–Crippen LogP) is 3.75. The Kier molecular flexibility index (Phi) is 6.05. The van der Waals surface area contributed by atoms with Gasteiger partial charge in [0.25, 0.3) is 0 Å². The molecule has 0 saturated carbocycles. The number of hydrogen-bond donors (Lipinski definition) is 0. The molecule has 2 aromatic rings. The lowest BCUT2D eigenvalue weighted by Gasteiger charge is -2.32. The van der Waals surface area contributed by atoms with Gasteiger partial charge in [-0.3, -0.25) is 9.59 Å². The van der Waals surface area contributed by atoms with Crippen molar-refractivity contribution in [3.63, 3.8) is 0 Å². The molecule has 4 heteroatoms. The molecule has 1 heterocycles. The average Bonchev–Trinajstić information content (AvgIpc) is 2.72. The van der Waals surface area contributed by atoms with Crippen molar-refractivity contribution in [2.75, 3.05) is 20.2 Å². The second-order valence-electron chi connectivity index (χ2n) is 6.72. The fourth-order valence-electron chi connectivity index (χ4n) is 3.57. The van der Waals surface area contributed by atoms with Gasteiger partial charge in [-0.2, -0.15) is 0 Å². The number of ether oxygens (including phenoxy) is 1. The topological polar surface area (TPSA) is 46.6 Å². The summed E-state index contributed by atoms with van der Waals surface area (Å²) in [7, 11) is 1.64. The van der Waals surface area contributed by atoms with Gasteiger partial charge in [-0.25, -0.2) is 0 Å². The Morgan fingerprint density at radius 3 is 2.58 bits per heavy atom. The number of ketones is 1. The fourth-order valence-corrected chi connectivity index (χ4v) is 3.57. The zero-order valence-electron chi connectivity index (χ0n) is 15.2. The summed E-state index contributed by atoms with van der Waals surface area (Å²) >= 11 is 0. The van der Waals surface area contributed by atoms with Gasteiger partial charge in [0, 0.05) is 31.0 Å². The van der Waals surface area contributed by atoms with E-state index in [0.29, 0.717) is 19.4 Å². The summed E-state index contributed by atoms with van der Waals surface area (Å²) in [5, 5.41) is 0. The Morgan fingerprint density at radius 2 is 1.81 bits per heavy atom. The normalized spacial score (nSPS) is 17.0. The minimum Gasteiger partial charge on any atom is -0.496 e. The first-order chi connectivity index (χ1) is 12.7. The zero-order valence-corrected chi connectivity index (χ0v) is 15.2. The van der Waals surface area contributed by atoms with Crippen LogP contribution in [0.25, 0.3) is 0 Å². The van der Waals surface area contributed by atoms with Crippen LogP contribution in [0.4, 0.5) is 0 Å². The second kappa shape index (κ2) is 8.65. The summed E-state index contributed by atoms with van der Waals surface area (Å²) in [5.41, 5.74) is 1.78. The average molecular weight is 351 g/mol. The lowest BCUT2D eigenvalue weighted by molar-refractivity contribution is -0.132. The molecule has 1 saturated heterocycles. The van der Waals surface area contributed by atoms with Crippen molar-refractivity contribution in [1.82, 2.24) is 4.90 Å². The molecule has 136 valence electrons. The molecule has 1 atom stereocenters. The van der Waals surface area contributed by atoms with Gasteiger partial charge in [0.15, 0.2) is 5.78 Å². The molecule has 0 radical (unpaired) electrons. The third-order valence-corrected chi connectivity index (χ3v) is 5.00. The minimum atomic E-state index is -0.0960. The van der Waals surface area contributed by atoms with Crippen LogP contribution < -0.4 is 4.74 Å². The molecule has 3 rings (SSSR count). The maximum Gasteiger partial charge on any atom is 0.222 e. The SMILES string of the molecule is COc1ccccc1CCC(=O)N1CCCC(C(=O)c2ccccc2)C1. The van der Waals surface area contributed by atoms with Gasteiger partial charge in [-0.05, 0) is 30.9 Å². The first kappa shape index (κ1) is 18.2. The van der Waals surface area contributed by atoms with Gasteiger partial charge in [0.2, 0.25) is 5.91 Å². The molecule has 1 fully saturated rings. The van der Waals surface area contributed by atoms with Gasteiger partial charge >= 0.3 is 0 Å². The Labute approximate surface area is 154 Å². The number of nitrogens with zero attached hydrogens (tertiary/aromatic N) is 1. The van der Waals surface area contributed by atoms with Crippen LogP contribution in [-0.4, -0.2) is 36.8 Å². The highest BCUT2D eigenvalue weighted by molar-refractivity contribution is 5.98. The van der Waals surface area contributed by atoms with Crippen LogP contribution in [0.2, 0.25) is 0 Å². The molecular formula is C22H25NO3. The van der Waals surface area contributed by atoms with Gasteiger partial charge in [-0.1, -0.05) is 48.5 Å². The number of Topliss-reactive ketones (excluding diaryl/α,β-unsaturated/α-hetero) is 1. The number of hydrogen-bond acceptors (Lipinski definition) is 3. The Balaban J connectivity index is 1.58. The van der Waals surface area contributed by atoms with Crippen molar-refractivity contribution in [2.45, 2.75) is 25.7 Å². The molecule has 4 nitrogen and oxygen atoms in total. The first-order valence-corrected chi connectivity index (χ1v) is 9.18. The van der Waals surface area contributed by atoms with Crippen molar-refractivity contribution in [1.29, 1.82) is 0 Å². The van der Waals surface area contributed by atoms with Crippen molar-refractivity contribution in [3.8, 4) is 5.75 Å². The van der Waals surface area contributed by atoms with Crippen molar-refractivity contribution >= 4 is 11.7 Å². The van der Waals surface area contributed by atoms with E-state index >= 15 is 0 Å². The Bertz CT molecular complexity index is 757. The first-order valence-electron chi connectivity index (χ1n) is 9.18. The highest BCUT2D eigenvalue weighted by atomic mass is 16.5. The van der Waals surface area contributed by atoms with Crippen LogP contribution in [0, 0.1) is 5.92 Å². The van der Waals surface area contributed by atoms with E-state index in [0.717, 1.165) is 36.3 Å². The van der Waals surface area contributed by atoms with Crippen molar-refractivity contribution in [2.24, 2.45) is 5.92 Å². The number of carbonyl (C=O) groups excluding carboxylic acids is 2. The molecule has 1 aliphatic heterocycles. The lowest BCUT2D eigenvalue weighted by Crippen LogP contribution is -2.42. The smallest absolute Gasteiger partial charge is 0.222 e. The summed E-state index contributed by atoms with van der Waals surface area (Å²) in [4.78, 5) is 27.2. The summed E-state index contributed by atoms with van der Waals surface area (Å²) in [6.07, 6.45) is 2.82. The molecule has 0 N–H and O–H groups in total. The van der Waals surface area contributed by atoms with Crippen molar-refractivity contribution < 1.29 is 14.3 Å². The van der Waals surface area contributed by atoms with E-state index in [1.54, 1.807) is 7.11 Å². The molecule has 1 amide bonds. The van der Waals surface area contributed by atoms with Crippen LogP contribution >= 0.6 is 0 Å². The number of para-hydroxylation sites is 1. The van der Waals surface area contributed by atoms with Crippen LogP contribution in [0.15, 0.2) is 54.6 Å². The summed E-state index contributed by atoms with van der Waals surface area (Å²) in [6.45, 7) is 1.27. The van der Waals surface area contributed by atoms with Gasteiger partial charge < -0.3 is 9.64 Å². The van der Waals surface area contributed by atoms with E-state index in [1.165, 1.54) is 0 Å². The standard InChI is InChI=1S/C22H25NO3/c1-26-20-12-6-5-8-17(20)13-14-21(24)23-15-7-11-19(16-23)22(25)18-9-3-2-4-10-18/h2-6,8-10,12,19H,7,11,13-16H2,1H3. The molecule has 1 unspecified atom stereocenters. The number of rotatable bonds is 6. The maximum atomic E-state index is 12.7. The number of methoxy groups -OCH3 is 1. The summed E-state index contributed by atoms with van der Waals surface area (Å²) < 4.78 is 5.35. The number of carbonyl (C=O) groups is 2. The van der Waals surface area contributed by atoms with Gasteiger partial charge in [0.05, 0.1) is 7.11 Å². The van der Waals surface area contributed by atoms with Gasteiger partial charge in [-0.15, -0.1) is 0 Å². The van der Waals surface area contributed by atoms with E-state index in [2.05, 4.69) is 0 Å². The highest BCUT2D eigenvalue weighted by Crippen LogP contribution is 2.23. The number of piperidine rings is 1. The summed E-state index contributed by atoms with van der Waals surface area (Å²) in [5.74, 6) is 0.978. The predicted molar refractivity (Wildman–Crippen MR) is 101 cm³/mol. The lowest BCUT2D eigenvalue weighted by atomic mass is 9.90. The third kappa shape index (κ3) is 4.31. The highest BCUT2D eigenvalue weighted by Gasteiger charge is 2.28. The Hall–Kier alpha value is -2.62. The van der Waals surface area contributed by atoms with Crippen LogP contribution in [0.3, 0.4) is 0 Å². The molecular weight excluding hydrogens is 326 g/mol. The molecule has 26 heavy (non-hydrogen) atoms. The minimum absolute atomic E-state index is 0.0960. The van der Waals surface area contributed by atoms with E-state index in [4.69, 9.17) is 4.74 Å². The fraction of sp³-hybridized carbons (Fsp3) is 0.364. The molecule has 0 aromatic heterocycles. The Morgan fingerprint density at radius 1 is 1.08 bits per heavy atom. The van der Waals surface area contributed by atoms with Crippen LogP contribution in [0.5, 0.6) is 5.75 Å². The monoisotopic (exact) mass is 351 g/mol. The van der Waals surface area contributed by atoms with Gasteiger partial charge in [0.1, 0.15) is 5.75 Å².